The highest BCUT2D eigenvalue weighted by Gasteiger charge is 2.26. The maximum absolute atomic E-state index is 14.0. The lowest BCUT2D eigenvalue weighted by atomic mass is 9.90. The first-order valence-electron chi connectivity index (χ1n) is 8.95. The van der Waals surface area contributed by atoms with E-state index in [1.165, 1.54) is 6.07 Å². The summed E-state index contributed by atoms with van der Waals surface area (Å²) in [5.41, 5.74) is 0.845. The second kappa shape index (κ2) is 8.32. The van der Waals surface area contributed by atoms with Gasteiger partial charge in [0, 0.05) is 5.92 Å². The minimum Gasteiger partial charge on any atom is -0.490 e. The van der Waals surface area contributed by atoms with E-state index in [1.807, 2.05) is 20.8 Å². The molecule has 0 spiro atoms. The van der Waals surface area contributed by atoms with Crippen LogP contribution in [0, 0.1) is 17.7 Å². The standard InChI is InChI=1S/C19H29FO3S/c1-4-5-10-24(21,22)13-17(14(2)3)16-8-9-18(20)19(11-16)23-12-15-6-7-15/h8-9,11,14-15,17H,4-7,10,12-13H2,1-3H3/t17-/m0/s1. The summed E-state index contributed by atoms with van der Waals surface area (Å²) in [6.45, 7) is 6.54. The minimum absolute atomic E-state index is 0.109. The molecule has 1 aliphatic carbocycles. The highest BCUT2D eigenvalue weighted by atomic mass is 32.2. The van der Waals surface area contributed by atoms with Crippen molar-refractivity contribution in [3.8, 4) is 5.75 Å². The van der Waals surface area contributed by atoms with Gasteiger partial charge in [-0.15, -0.1) is 0 Å². The van der Waals surface area contributed by atoms with Gasteiger partial charge < -0.3 is 4.74 Å². The quantitative estimate of drug-likeness (QED) is 0.617. The van der Waals surface area contributed by atoms with Crippen molar-refractivity contribution < 1.29 is 17.5 Å². The number of sulfone groups is 1. The topological polar surface area (TPSA) is 43.4 Å². The molecule has 0 radical (unpaired) electrons. The molecule has 136 valence electrons. The Bertz CT molecular complexity index is 636. The van der Waals surface area contributed by atoms with Crippen LogP contribution in [0.25, 0.3) is 0 Å². The fourth-order valence-corrected chi connectivity index (χ4v) is 4.77. The van der Waals surface area contributed by atoms with Crippen molar-refractivity contribution >= 4 is 9.84 Å². The van der Waals surface area contributed by atoms with Gasteiger partial charge in [0.05, 0.1) is 18.1 Å². The predicted molar refractivity (Wildman–Crippen MR) is 95.8 cm³/mol. The van der Waals surface area contributed by atoms with Gasteiger partial charge in [-0.1, -0.05) is 33.3 Å². The molecule has 0 aliphatic heterocycles. The van der Waals surface area contributed by atoms with Crippen molar-refractivity contribution in [1.29, 1.82) is 0 Å². The van der Waals surface area contributed by atoms with Crippen molar-refractivity contribution in [3.63, 3.8) is 0 Å². The van der Waals surface area contributed by atoms with Crippen LogP contribution in [0.15, 0.2) is 18.2 Å². The molecule has 1 atom stereocenters. The molecule has 1 aromatic carbocycles. The van der Waals surface area contributed by atoms with Gasteiger partial charge in [0.15, 0.2) is 21.4 Å². The first-order chi connectivity index (χ1) is 11.3. The Morgan fingerprint density at radius 1 is 1.29 bits per heavy atom. The predicted octanol–water partition coefficient (Wildman–Crippen LogP) is 4.57. The van der Waals surface area contributed by atoms with Crippen molar-refractivity contribution in [1.82, 2.24) is 0 Å². The maximum Gasteiger partial charge on any atom is 0.165 e. The van der Waals surface area contributed by atoms with E-state index in [4.69, 9.17) is 4.74 Å². The first kappa shape index (κ1) is 19.2. The molecule has 0 amide bonds. The Kier molecular flexibility index (Phi) is 6.67. The Hall–Kier alpha value is -1.10. The SMILES string of the molecule is CCCCS(=O)(=O)C[C@H](c1ccc(F)c(OCC2CC2)c1)C(C)C. The number of rotatable bonds is 10. The van der Waals surface area contributed by atoms with Gasteiger partial charge in [0.2, 0.25) is 0 Å². The summed E-state index contributed by atoms with van der Waals surface area (Å²) in [4.78, 5) is 0. The van der Waals surface area contributed by atoms with E-state index in [2.05, 4.69) is 0 Å². The zero-order valence-corrected chi connectivity index (χ0v) is 15.7. The molecule has 0 bridgehead atoms. The summed E-state index contributed by atoms with van der Waals surface area (Å²) in [6, 6.07) is 4.78. The van der Waals surface area contributed by atoms with E-state index in [0.29, 0.717) is 18.9 Å². The molecule has 1 aliphatic rings. The van der Waals surface area contributed by atoms with Crippen LogP contribution in [-0.4, -0.2) is 26.5 Å². The van der Waals surface area contributed by atoms with Crippen LogP contribution in [-0.2, 0) is 9.84 Å². The molecule has 1 aromatic rings. The van der Waals surface area contributed by atoms with Gasteiger partial charge in [-0.3, -0.25) is 0 Å². The van der Waals surface area contributed by atoms with Gasteiger partial charge in [-0.05, 0) is 48.8 Å². The molecule has 0 N–H and O–H groups in total. The number of halogens is 1. The highest BCUT2D eigenvalue weighted by molar-refractivity contribution is 7.91. The lowest BCUT2D eigenvalue weighted by Gasteiger charge is -2.22. The first-order valence-corrected chi connectivity index (χ1v) is 10.8. The monoisotopic (exact) mass is 356 g/mol. The zero-order chi connectivity index (χ0) is 17.7. The Labute approximate surface area is 145 Å². The Morgan fingerprint density at radius 3 is 2.58 bits per heavy atom. The van der Waals surface area contributed by atoms with E-state index in [1.54, 1.807) is 12.1 Å². The fourth-order valence-electron chi connectivity index (χ4n) is 2.75. The highest BCUT2D eigenvalue weighted by Crippen LogP contribution is 2.33. The van der Waals surface area contributed by atoms with Crippen LogP contribution in [0.3, 0.4) is 0 Å². The van der Waals surface area contributed by atoms with Gasteiger partial charge >= 0.3 is 0 Å². The van der Waals surface area contributed by atoms with Crippen molar-refractivity contribution in [2.24, 2.45) is 11.8 Å². The van der Waals surface area contributed by atoms with E-state index >= 15 is 0 Å². The lowest BCUT2D eigenvalue weighted by molar-refractivity contribution is 0.284. The van der Waals surface area contributed by atoms with Crippen molar-refractivity contribution in [3.05, 3.63) is 29.6 Å². The average Bonchev–Trinajstić information content (AvgIpc) is 3.34. The van der Waals surface area contributed by atoms with Gasteiger partial charge in [-0.2, -0.15) is 0 Å². The molecular formula is C19H29FO3S. The second-order valence-electron chi connectivity index (χ2n) is 7.26. The van der Waals surface area contributed by atoms with Crippen LogP contribution >= 0.6 is 0 Å². The molecule has 0 aromatic heterocycles. The summed E-state index contributed by atoms with van der Waals surface area (Å²) in [6.07, 6.45) is 3.84. The van der Waals surface area contributed by atoms with Gasteiger partial charge in [0.1, 0.15) is 0 Å². The largest absolute Gasteiger partial charge is 0.490 e. The number of unbranched alkanes of at least 4 members (excludes halogenated alkanes) is 1. The van der Waals surface area contributed by atoms with Gasteiger partial charge in [-0.25, -0.2) is 12.8 Å². The smallest absolute Gasteiger partial charge is 0.165 e. The third-order valence-electron chi connectivity index (χ3n) is 4.60. The molecular weight excluding hydrogens is 327 g/mol. The average molecular weight is 357 g/mol. The summed E-state index contributed by atoms with van der Waals surface area (Å²) in [5.74, 6) is 0.756. The van der Waals surface area contributed by atoms with E-state index in [-0.39, 0.29) is 34.9 Å². The summed E-state index contributed by atoms with van der Waals surface area (Å²) >= 11 is 0. The number of hydrogen-bond donors (Lipinski definition) is 0. The van der Waals surface area contributed by atoms with E-state index < -0.39 is 9.84 Å². The van der Waals surface area contributed by atoms with E-state index in [0.717, 1.165) is 24.8 Å². The Balaban J connectivity index is 2.15. The molecule has 3 nitrogen and oxygen atoms in total. The molecule has 1 fully saturated rings. The van der Waals surface area contributed by atoms with E-state index in [9.17, 15) is 12.8 Å². The summed E-state index contributed by atoms with van der Waals surface area (Å²) in [7, 11) is -3.11. The molecule has 0 unspecified atom stereocenters. The molecule has 1 saturated carbocycles. The molecule has 24 heavy (non-hydrogen) atoms. The summed E-state index contributed by atoms with van der Waals surface area (Å²) < 4.78 is 44.3. The molecule has 0 heterocycles. The summed E-state index contributed by atoms with van der Waals surface area (Å²) in [5, 5.41) is 0. The van der Waals surface area contributed by atoms with Crippen LogP contribution in [0.1, 0.15) is 57.9 Å². The van der Waals surface area contributed by atoms with Gasteiger partial charge in [0.25, 0.3) is 0 Å². The third kappa shape index (κ3) is 5.76. The maximum atomic E-state index is 14.0. The Morgan fingerprint density at radius 2 is 2.00 bits per heavy atom. The zero-order valence-electron chi connectivity index (χ0n) is 14.9. The third-order valence-corrected chi connectivity index (χ3v) is 6.38. The number of benzene rings is 1. The van der Waals surface area contributed by atoms with Crippen LogP contribution in [0.5, 0.6) is 5.75 Å². The fraction of sp³-hybridized carbons (Fsp3) is 0.684. The number of ether oxygens (including phenoxy) is 1. The van der Waals surface area contributed by atoms with Crippen molar-refractivity contribution in [2.75, 3.05) is 18.1 Å². The number of hydrogen-bond acceptors (Lipinski definition) is 3. The van der Waals surface area contributed by atoms with Crippen LogP contribution < -0.4 is 4.74 Å². The lowest BCUT2D eigenvalue weighted by Crippen LogP contribution is -2.21. The second-order valence-corrected chi connectivity index (χ2v) is 9.49. The molecule has 0 saturated heterocycles. The minimum atomic E-state index is -3.11. The van der Waals surface area contributed by atoms with Crippen molar-refractivity contribution in [2.45, 2.75) is 52.4 Å². The molecule has 2 rings (SSSR count). The van der Waals surface area contributed by atoms with Crippen LogP contribution in [0.2, 0.25) is 0 Å². The normalized spacial score (nSPS) is 16.4. The molecule has 5 heteroatoms. The van der Waals surface area contributed by atoms with Crippen LogP contribution in [0.4, 0.5) is 4.39 Å².